The molecule has 0 spiro atoms. The number of benzene rings is 1. The molecule has 1 aliphatic carbocycles. The van der Waals surface area contributed by atoms with Gasteiger partial charge in [-0.3, -0.25) is 9.59 Å². The second-order valence-corrected chi connectivity index (χ2v) is 14.4. The fourth-order valence-corrected chi connectivity index (χ4v) is 7.99. The highest BCUT2D eigenvalue weighted by Gasteiger charge is 2.62. The molecule has 260 valence electrons. The highest BCUT2D eigenvalue weighted by atomic mass is 32.1. The molecule has 4 aliphatic rings. The fourth-order valence-electron chi connectivity index (χ4n) is 7.28. The second-order valence-electron chi connectivity index (χ2n) is 13.4. The number of aromatic nitrogens is 2. The topological polar surface area (TPSA) is 169 Å². The summed E-state index contributed by atoms with van der Waals surface area (Å²) < 4.78 is 17.4. The molecule has 3 saturated heterocycles. The van der Waals surface area contributed by atoms with Gasteiger partial charge in [0, 0.05) is 12.8 Å². The summed E-state index contributed by atoms with van der Waals surface area (Å²) in [6.45, 7) is 0.833. The van der Waals surface area contributed by atoms with Gasteiger partial charge in [-0.2, -0.15) is 0 Å². The van der Waals surface area contributed by atoms with Gasteiger partial charge in [-0.05, 0) is 48.8 Å². The van der Waals surface area contributed by atoms with Crippen molar-refractivity contribution >= 4 is 46.2 Å². The van der Waals surface area contributed by atoms with Crippen molar-refractivity contribution in [2.75, 3.05) is 19.8 Å². The summed E-state index contributed by atoms with van der Waals surface area (Å²) in [5, 5.41) is 17.8. The van der Waals surface area contributed by atoms with Crippen LogP contribution >= 0.6 is 11.3 Å². The molecule has 3 aromatic rings. The van der Waals surface area contributed by atoms with Gasteiger partial charge in [-0.15, -0.1) is 11.3 Å². The molecule has 1 aromatic carbocycles. The standard InChI is InChI=1S/C35H41N5O8S/c41-30-27-17-23(47-31-29(28-13-8-16-49-28)36-24-10-6-7-11-25(24)37-31)19-40(27)32(42)26(38-34(45)48-22-14-15-46-20-22)12-5-3-1-2-4-9-21-18-35(21,39-30)33(43)44/h6-8,10-11,13,16,21-23,26-27H,1-5,9,12,14-15,17-20H2,(H,38,45)(H,39,41)(H,43,44)/t21?,22-,23+,26-,27-,35?/m0/s1. The highest BCUT2D eigenvalue weighted by molar-refractivity contribution is 7.13. The Bertz CT molecular complexity index is 1700. The van der Waals surface area contributed by atoms with E-state index < -0.39 is 47.6 Å². The van der Waals surface area contributed by atoms with Crippen LogP contribution in [0.2, 0.25) is 0 Å². The van der Waals surface area contributed by atoms with Crippen LogP contribution in [-0.4, -0.2) is 93.4 Å². The lowest BCUT2D eigenvalue weighted by atomic mass is 10.0. The third kappa shape index (κ3) is 7.20. The minimum absolute atomic E-state index is 0.0303. The van der Waals surface area contributed by atoms with Crippen LogP contribution in [0.5, 0.6) is 5.88 Å². The molecule has 13 nitrogen and oxygen atoms in total. The summed E-state index contributed by atoms with van der Waals surface area (Å²) in [5.41, 5.74) is 0.539. The molecule has 2 aromatic heterocycles. The predicted octanol–water partition coefficient (Wildman–Crippen LogP) is 4.29. The maximum absolute atomic E-state index is 14.4. The van der Waals surface area contributed by atoms with Crippen molar-refractivity contribution in [3.63, 3.8) is 0 Å². The fraction of sp³-hybridized carbons (Fsp3) is 0.543. The smallest absolute Gasteiger partial charge is 0.408 e. The molecule has 3 aliphatic heterocycles. The summed E-state index contributed by atoms with van der Waals surface area (Å²) in [5.74, 6) is -1.94. The summed E-state index contributed by atoms with van der Waals surface area (Å²) in [6, 6.07) is 9.34. The minimum Gasteiger partial charge on any atom is -0.479 e. The van der Waals surface area contributed by atoms with Crippen molar-refractivity contribution in [2.45, 2.75) is 94.0 Å². The first-order chi connectivity index (χ1) is 23.8. The maximum atomic E-state index is 14.4. The second kappa shape index (κ2) is 14.3. The summed E-state index contributed by atoms with van der Waals surface area (Å²) in [7, 11) is 0. The number of thiophene rings is 1. The van der Waals surface area contributed by atoms with Gasteiger partial charge in [0.1, 0.15) is 35.5 Å². The van der Waals surface area contributed by atoms with Gasteiger partial charge in [-0.25, -0.2) is 19.6 Å². The average molecular weight is 692 g/mol. The maximum Gasteiger partial charge on any atom is 0.408 e. The molecular formula is C35H41N5O8S. The first-order valence-corrected chi connectivity index (χ1v) is 18.1. The van der Waals surface area contributed by atoms with E-state index in [4.69, 9.17) is 24.2 Å². The van der Waals surface area contributed by atoms with E-state index in [1.807, 2.05) is 41.8 Å². The van der Waals surface area contributed by atoms with Crippen LogP contribution < -0.4 is 15.4 Å². The Labute approximate surface area is 287 Å². The Morgan fingerprint density at radius 3 is 2.51 bits per heavy atom. The number of rotatable bonds is 6. The van der Waals surface area contributed by atoms with Crippen LogP contribution in [-0.2, 0) is 23.9 Å². The summed E-state index contributed by atoms with van der Waals surface area (Å²) in [4.78, 5) is 65.8. The largest absolute Gasteiger partial charge is 0.479 e. The number of nitrogens with one attached hydrogen (secondary N) is 2. The third-order valence-electron chi connectivity index (χ3n) is 10.1. The Balaban J connectivity index is 1.18. The molecular weight excluding hydrogens is 650 g/mol. The van der Waals surface area contributed by atoms with Gasteiger partial charge in [0.05, 0.1) is 35.7 Å². The van der Waals surface area contributed by atoms with Gasteiger partial charge in [0.25, 0.3) is 0 Å². The third-order valence-corrected chi connectivity index (χ3v) is 10.9. The van der Waals surface area contributed by atoms with Crippen LogP contribution in [0.15, 0.2) is 41.8 Å². The van der Waals surface area contributed by atoms with E-state index in [0.29, 0.717) is 62.0 Å². The van der Waals surface area contributed by atoms with Crippen LogP contribution in [0.4, 0.5) is 4.79 Å². The zero-order valence-electron chi connectivity index (χ0n) is 27.2. The van der Waals surface area contributed by atoms with E-state index in [2.05, 4.69) is 10.6 Å². The van der Waals surface area contributed by atoms with Gasteiger partial charge >= 0.3 is 12.1 Å². The Kier molecular flexibility index (Phi) is 9.68. The highest BCUT2D eigenvalue weighted by Crippen LogP contribution is 2.47. The van der Waals surface area contributed by atoms with Gasteiger partial charge in [0.2, 0.25) is 17.7 Å². The van der Waals surface area contributed by atoms with E-state index in [0.717, 1.165) is 30.6 Å². The average Bonchev–Trinajstić information content (AvgIpc) is 3.58. The van der Waals surface area contributed by atoms with E-state index in [-0.39, 0.29) is 30.9 Å². The Morgan fingerprint density at radius 2 is 1.78 bits per heavy atom. The van der Waals surface area contributed by atoms with Crippen molar-refractivity contribution in [3.05, 3.63) is 41.8 Å². The van der Waals surface area contributed by atoms with E-state index in [9.17, 15) is 24.3 Å². The van der Waals surface area contributed by atoms with Crippen LogP contribution in [0.25, 0.3) is 21.6 Å². The number of ether oxygens (including phenoxy) is 3. The molecule has 4 fully saturated rings. The molecule has 3 amide bonds. The molecule has 14 heteroatoms. The number of carboxylic acid groups (broad SMARTS) is 1. The number of nitrogens with zero attached hydrogens (tertiary/aromatic N) is 3. The van der Waals surface area contributed by atoms with Gasteiger partial charge < -0.3 is 34.9 Å². The molecule has 49 heavy (non-hydrogen) atoms. The van der Waals surface area contributed by atoms with Crippen LogP contribution in [0, 0.1) is 5.92 Å². The number of aliphatic carboxylic acids is 1. The van der Waals surface area contributed by atoms with Crippen molar-refractivity contribution in [3.8, 4) is 16.5 Å². The number of hydrogen-bond acceptors (Lipinski definition) is 10. The van der Waals surface area contributed by atoms with E-state index in [1.54, 1.807) is 0 Å². The van der Waals surface area contributed by atoms with Crippen molar-refractivity contribution in [1.82, 2.24) is 25.5 Å². The number of fused-ring (bicyclic) bond motifs is 3. The molecule has 7 rings (SSSR count). The SMILES string of the molecule is O=C(N[C@H]1CCCCCCCC2CC2(C(=O)O)NC(=O)[C@@H]2C[C@@H](Oc3nc4ccccc4nc3-c3cccs3)CN2C1=O)O[C@H]1CCOC1. The number of carboxylic acids is 1. The first kappa shape index (κ1) is 33.2. The summed E-state index contributed by atoms with van der Waals surface area (Å²) in [6.07, 6.45) is 4.60. The Morgan fingerprint density at radius 1 is 1.00 bits per heavy atom. The molecule has 2 unspecified atom stereocenters. The van der Waals surface area contributed by atoms with Gasteiger partial charge in [0.15, 0.2) is 0 Å². The lowest BCUT2D eigenvalue weighted by Gasteiger charge is -2.29. The van der Waals surface area contributed by atoms with Crippen molar-refractivity contribution in [1.29, 1.82) is 0 Å². The zero-order valence-corrected chi connectivity index (χ0v) is 28.0. The lowest BCUT2D eigenvalue weighted by molar-refractivity contribution is -0.146. The monoisotopic (exact) mass is 691 g/mol. The predicted molar refractivity (Wildman–Crippen MR) is 179 cm³/mol. The van der Waals surface area contributed by atoms with Crippen LogP contribution in [0.1, 0.15) is 64.2 Å². The quantitative estimate of drug-likeness (QED) is 0.339. The van der Waals surface area contributed by atoms with Crippen molar-refractivity contribution in [2.24, 2.45) is 5.92 Å². The Hall–Kier alpha value is -4.30. The van der Waals surface area contributed by atoms with Crippen LogP contribution in [0.3, 0.4) is 0 Å². The van der Waals surface area contributed by atoms with E-state index >= 15 is 0 Å². The van der Waals surface area contributed by atoms with Gasteiger partial charge in [-0.1, -0.05) is 50.3 Å². The number of amides is 3. The molecule has 0 bridgehead atoms. The normalized spacial score (nSPS) is 29.2. The molecule has 1 saturated carbocycles. The molecule has 0 radical (unpaired) electrons. The molecule has 3 N–H and O–H groups in total. The number of para-hydroxylation sites is 2. The minimum atomic E-state index is -1.36. The molecule has 5 heterocycles. The number of carbonyl (C=O) groups excluding carboxylic acids is 3. The molecule has 6 atom stereocenters. The number of hydrogen-bond donors (Lipinski definition) is 3. The number of carbonyl (C=O) groups is 4. The lowest BCUT2D eigenvalue weighted by Crippen LogP contribution is -2.56. The summed E-state index contributed by atoms with van der Waals surface area (Å²) >= 11 is 1.49. The van der Waals surface area contributed by atoms with Crippen molar-refractivity contribution < 1.29 is 38.5 Å². The zero-order chi connectivity index (χ0) is 34.0. The van der Waals surface area contributed by atoms with E-state index in [1.165, 1.54) is 16.2 Å². The number of alkyl carbamates (subject to hydrolysis) is 1. The first-order valence-electron chi connectivity index (χ1n) is 17.2.